The number of carboxylic acids is 1. The fourth-order valence-electron chi connectivity index (χ4n) is 1.55. The van der Waals surface area contributed by atoms with Gasteiger partial charge in [0.15, 0.2) is 0 Å². The predicted molar refractivity (Wildman–Crippen MR) is 61.0 cm³/mol. The average Bonchev–Trinajstić information content (AvgIpc) is 2.81. The second kappa shape index (κ2) is 4.07. The molecule has 0 aliphatic heterocycles. The van der Waals surface area contributed by atoms with E-state index in [-0.39, 0.29) is 23.8 Å². The van der Waals surface area contributed by atoms with Gasteiger partial charge in [-0.05, 0) is 32.6 Å². The van der Waals surface area contributed by atoms with Gasteiger partial charge in [-0.3, -0.25) is 9.59 Å². The standard InChI is InChI=1S/C12H21NO3/c1-8(2)12(4,10(15)16)7-9(14)13-11(3)5-6-11/h8H,5-7H2,1-4H3,(H,13,14)(H,15,16). The van der Waals surface area contributed by atoms with Crippen molar-refractivity contribution in [2.45, 2.75) is 52.5 Å². The zero-order valence-corrected chi connectivity index (χ0v) is 10.5. The Morgan fingerprint density at radius 3 is 2.25 bits per heavy atom. The third-order valence-corrected chi connectivity index (χ3v) is 3.73. The molecule has 4 heteroatoms. The maximum atomic E-state index is 11.7. The lowest BCUT2D eigenvalue weighted by Crippen LogP contribution is -2.42. The van der Waals surface area contributed by atoms with E-state index in [4.69, 9.17) is 0 Å². The van der Waals surface area contributed by atoms with Crippen molar-refractivity contribution >= 4 is 11.9 Å². The van der Waals surface area contributed by atoms with Gasteiger partial charge in [0.1, 0.15) is 0 Å². The Morgan fingerprint density at radius 1 is 1.44 bits per heavy atom. The third-order valence-electron chi connectivity index (χ3n) is 3.73. The van der Waals surface area contributed by atoms with E-state index in [0.29, 0.717) is 0 Å². The summed E-state index contributed by atoms with van der Waals surface area (Å²) in [4.78, 5) is 22.9. The molecule has 1 unspecified atom stereocenters. The second-order valence-electron chi connectivity index (χ2n) is 5.66. The summed E-state index contributed by atoms with van der Waals surface area (Å²) in [7, 11) is 0. The molecule has 1 aliphatic carbocycles. The molecule has 0 aromatic carbocycles. The summed E-state index contributed by atoms with van der Waals surface area (Å²) >= 11 is 0. The Morgan fingerprint density at radius 2 is 1.94 bits per heavy atom. The number of hydrogen-bond acceptors (Lipinski definition) is 2. The maximum absolute atomic E-state index is 11.7. The SMILES string of the molecule is CC(C)C(C)(CC(=O)NC1(C)CC1)C(=O)O. The van der Waals surface area contributed by atoms with Crippen LogP contribution in [0.25, 0.3) is 0 Å². The Hall–Kier alpha value is -1.06. The smallest absolute Gasteiger partial charge is 0.310 e. The first-order valence-electron chi connectivity index (χ1n) is 5.74. The molecule has 1 rings (SSSR count). The average molecular weight is 227 g/mol. The lowest BCUT2D eigenvalue weighted by Gasteiger charge is -2.29. The van der Waals surface area contributed by atoms with E-state index in [0.717, 1.165) is 12.8 Å². The summed E-state index contributed by atoms with van der Waals surface area (Å²) in [5.74, 6) is -1.13. The lowest BCUT2D eigenvalue weighted by atomic mass is 9.76. The topological polar surface area (TPSA) is 66.4 Å². The quantitative estimate of drug-likeness (QED) is 0.752. The first kappa shape index (κ1) is 13.0. The highest BCUT2D eigenvalue weighted by Gasteiger charge is 2.43. The first-order valence-corrected chi connectivity index (χ1v) is 5.74. The van der Waals surface area contributed by atoms with Crippen LogP contribution in [0.15, 0.2) is 0 Å². The molecule has 1 aliphatic rings. The second-order valence-corrected chi connectivity index (χ2v) is 5.66. The number of carboxylic acid groups (broad SMARTS) is 1. The van der Waals surface area contributed by atoms with Crippen LogP contribution in [0.1, 0.15) is 47.0 Å². The van der Waals surface area contributed by atoms with Gasteiger partial charge in [-0.1, -0.05) is 13.8 Å². The highest BCUT2D eigenvalue weighted by atomic mass is 16.4. The van der Waals surface area contributed by atoms with Crippen LogP contribution in [0, 0.1) is 11.3 Å². The zero-order chi connectivity index (χ0) is 12.6. The summed E-state index contributed by atoms with van der Waals surface area (Å²) in [6.07, 6.45) is 2.03. The van der Waals surface area contributed by atoms with Gasteiger partial charge in [0.25, 0.3) is 0 Å². The molecule has 0 spiro atoms. The minimum Gasteiger partial charge on any atom is -0.481 e. The number of hydrogen-bond donors (Lipinski definition) is 2. The van der Waals surface area contributed by atoms with Gasteiger partial charge in [-0.2, -0.15) is 0 Å². The zero-order valence-electron chi connectivity index (χ0n) is 10.5. The number of amides is 1. The van der Waals surface area contributed by atoms with E-state index in [9.17, 15) is 14.7 Å². The summed E-state index contributed by atoms with van der Waals surface area (Å²) in [5.41, 5.74) is -1.05. The molecule has 16 heavy (non-hydrogen) atoms. The molecule has 0 bridgehead atoms. The Kier molecular flexibility index (Phi) is 3.31. The van der Waals surface area contributed by atoms with Gasteiger partial charge in [0.05, 0.1) is 5.41 Å². The molecule has 0 heterocycles. The third kappa shape index (κ3) is 2.74. The predicted octanol–water partition coefficient (Wildman–Crippen LogP) is 1.79. The molecular formula is C12H21NO3. The van der Waals surface area contributed by atoms with E-state index in [1.54, 1.807) is 6.92 Å². The largest absolute Gasteiger partial charge is 0.481 e. The lowest BCUT2D eigenvalue weighted by molar-refractivity contribution is -0.153. The van der Waals surface area contributed by atoms with E-state index >= 15 is 0 Å². The van der Waals surface area contributed by atoms with Crippen molar-refractivity contribution in [3.63, 3.8) is 0 Å². The minimum absolute atomic E-state index is 0.0512. The molecular weight excluding hydrogens is 206 g/mol. The molecule has 0 saturated heterocycles. The molecule has 0 aromatic rings. The summed E-state index contributed by atoms with van der Waals surface area (Å²) in [6, 6.07) is 0. The summed E-state index contributed by atoms with van der Waals surface area (Å²) < 4.78 is 0. The van der Waals surface area contributed by atoms with Gasteiger partial charge in [-0.15, -0.1) is 0 Å². The van der Waals surface area contributed by atoms with E-state index < -0.39 is 11.4 Å². The first-order chi connectivity index (χ1) is 7.19. The van der Waals surface area contributed by atoms with E-state index in [2.05, 4.69) is 5.32 Å². The molecule has 0 aromatic heterocycles. The maximum Gasteiger partial charge on any atom is 0.310 e. The van der Waals surface area contributed by atoms with Crippen LogP contribution in [0.5, 0.6) is 0 Å². The van der Waals surface area contributed by atoms with Crippen LogP contribution in [0.4, 0.5) is 0 Å². The van der Waals surface area contributed by atoms with Crippen molar-refractivity contribution in [2.24, 2.45) is 11.3 Å². The van der Waals surface area contributed by atoms with Crippen LogP contribution in [0.3, 0.4) is 0 Å². The molecule has 1 amide bonds. The Bertz CT molecular complexity index is 307. The fraction of sp³-hybridized carbons (Fsp3) is 0.833. The highest BCUT2D eigenvalue weighted by molar-refractivity contribution is 5.85. The van der Waals surface area contributed by atoms with E-state index in [1.807, 2.05) is 20.8 Å². The molecule has 1 saturated carbocycles. The molecule has 2 N–H and O–H groups in total. The van der Waals surface area contributed by atoms with Crippen LogP contribution in [-0.4, -0.2) is 22.5 Å². The number of nitrogens with one attached hydrogen (secondary N) is 1. The van der Waals surface area contributed by atoms with Crippen LogP contribution in [0.2, 0.25) is 0 Å². The van der Waals surface area contributed by atoms with Gasteiger partial charge in [0, 0.05) is 12.0 Å². The molecule has 0 radical (unpaired) electrons. The van der Waals surface area contributed by atoms with Crippen LogP contribution in [-0.2, 0) is 9.59 Å². The van der Waals surface area contributed by atoms with Crippen LogP contribution < -0.4 is 5.32 Å². The van der Waals surface area contributed by atoms with Crippen molar-refractivity contribution in [1.82, 2.24) is 5.32 Å². The van der Waals surface area contributed by atoms with Crippen molar-refractivity contribution in [1.29, 1.82) is 0 Å². The normalized spacial score (nSPS) is 21.3. The number of carbonyl (C=O) groups excluding carboxylic acids is 1. The summed E-state index contributed by atoms with van der Waals surface area (Å²) in [5, 5.41) is 12.1. The summed E-state index contributed by atoms with van der Waals surface area (Å²) in [6.45, 7) is 7.29. The molecule has 1 atom stereocenters. The number of carbonyl (C=O) groups is 2. The van der Waals surface area contributed by atoms with Crippen LogP contribution >= 0.6 is 0 Å². The number of rotatable bonds is 5. The van der Waals surface area contributed by atoms with Crippen molar-refractivity contribution < 1.29 is 14.7 Å². The van der Waals surface area contributed by atoms with Crippen molar-refractivity contribution in [2.75, 3.05) is 0 Å². The van der Waals surface area contributed by atoms with Crippen molar-refractivity contribution in [3.05, 3.63) is 0 Å². The van der Waals surface area contributed by atoms with Crippen molar-refractivity contribution in [3.8, 4) is 0 Å². The Labute approximate surface area is 96.4 Å². The van der Waals surface area contributed by atoms with Gasteiger partial charge in [0.2, 0.25) is 5.91 Å². The monoisotopic (exact) mass is 227 g/mol. The highest BCUT2D eigenvalue weighted by Crippen LogP contribution is 2.36. The molecule has 1 fully saturated rings. The molecule has 92 valence electrons. The van der Waals surface area contributed by atoms with Gasteiger partial charge in [-0.25, -0.2) is 0 Å². The van der Waals surface area contributed by atoms with Gasteiger partial charge < -0.3 is 10.4 Å². The molecule has 4 nitrogen and oxygen atoms in total. The number of aliphatic carboxylic acids is 1. The van der Waals surface area contributed by atoms with Gasteiger partial charge >= 0.3 is 5.97 Å². The Balaban J connectivity index is 2.61. The fourth-order valence-corrected chi connectivity index (χ4v) is 1.55. The van der Waals surface area contributed by atoms with E-state index in [1.165, 1.54) is 0 Å². The minimum atomic E-state index is -0.977.